The van der Waals surface area contributed by atoms with E-state index in [1.54, 1.807) is 0 Å². The SMILES string of the molecule is C#CCOCCOCCOCCOCC(=O)NCC.CCCCNC(=O)COCCOCCOCCN.O=CO. The number of hydrogen-bond donors (Lipinski definition) is 4. The van der Waals surface area contributed by atoms with Crippen LogP contribution in [0.5, 0.6) is 0 Å². The fourth-order valence-corrected chi connectivity index (χ4v) is 2.25. The molecule has 0 unspecified atom stereocenters. The van der Waals surface area contributed by atoms with Crippen molar-refractivity contribution in [2.45, 2.75) is 26.7 Å². The van der Waals surface area contributed by atoms with Crippen molar-refractivity contribution in [3.63, 3.8) is 0 Å². The number of carbonyl (C=O) groups excluding carboxylic acids is 2. The average molecular weight is 582 g/mol. The predicted octanol–water partition coefficient (Wildman–Crippen LogP) is -0.566. The molecule has 0 aliphatic carbocycles. The van der Waals surface area contributed by atoms with Crippen LogP contribution in [-0.4, -0.2) is 136 Å². The third kappa shape index (κ3) is 45.6. The summed E-state index contributed by atoms with van der Waals surface area (Å²) in [6.45, 7) is 11.3. The molecule has 0 aromatic rings. The highest BCUT2D eigenvalue weighted by Gasteiger charge is 2.00. The second kappa shape index (κ2) is 41.1. The lowest BCUT2D eigenvalue weighted by Crippen LogP contribution is -2.29. The van der Waals surface area contributed by atoms with E-state index in [9.17, 15) is 9.59 Å². The molecule has 40 heavy (non-hydrogen) atoms. The molecule has 0 heterocycles. The molecule has 0 spiro atoms. The Kier molecular flexibility index (Phi) is 43.3. The van der Waals surface area contributed by atoms with Gasteiger partial charge in [0.15, 0.2) is 0 Å². The number of nitrogens with one attached hydrogen (secondary N) is 2. The quantitative estimate of drug-likeness (QED) is 0.0580. The first-order valence-electron chi connectivity index (χ1n) is 13.3. The van der Waals surface area contributed by atoms with Crippen molar-refractivity contribution in [2.24, 2.45) is 5.73 Å². The summed E-state index contributed by atoms with van der Waals surface area (Å²) in [5, 5.41) is 12.3. The molecule has 14 heteroatoms. The van der Waals surface area contributed by atoms with E-state index in [1.807, 2.05) is 6.92 Å². The van der Waals surface area contributed by atoms with E-state index in [0.717, 1.165) is 12.8 Å². The molecule has 0 rings (SSSR count). The molecule has 0 aromatic carbocycles. The van der Waals surface area contributed by atoms with E-state index in [-0.39, 0.29) is 31.5 Å². The van der Waals surface area contributed by atoms with Crippen molar-refractivity contribution in [2.75, 3.05) is 112 Å². The van der Waals surface area contributed by atoms with Crippen molar-refractivity contribution in [3.05, 3.63) is 0 Å². The summed E-state index contributed by atoms with van der Waals surface area (Å²) in [6, 6.07) is 0. The number of terminal acetylenes is 1. The monoisotopic (exact) mass is 581 g/mol. The number of amides is 2. The Morgan fingerprint density at radius 3 is 1.55 bits per heavy atom. The second-order valence-electron chi connectivity index (χ2n) is 7.36. The van der Waals surface area contributed by atoms with Crippen LogP contribution in [0.25, 0.3) is 0 Å². The summed E-state index contributed by atoms with van der Waals surface area (Å²) in [4.78, 5) is 30.6. The van der Waals surface area contributed by atoms with Gasteiger partial charge in [0.2, 0.25) is 11.8 Å². The zero-order valence-corrected chi connectivity index (χ0v) is 24.2. The standard InChI is InChI=1S/C13H23NO5.C12H26N2O4.CH2O2/c1-3-5-16-6-7-17-8-9-18-10-11-19-12-13(15)14-4-2;1-2-3-5-14-12(15)11-18-10-9-17-8-7-16-6-4-13;2-1-3/h1H,4-12H2,2H3,(H,14,15);2-11,13H2,1H3,(H,14,15);1H,(H,2,3). The van der Waals surface area contributed by atoms with Crippen molar-refractivity contribution in [3.8, 4) is 12.3 Å². The van der Waals surface area contributed by atoms with Gasteiger partial charge in [-0.25, -0.2) is 0 Å². The zero-order chi connectivity index (χ0) is 30.4. The second-order valence-corrected chi connectivity index (χ2v) is 7.36. The highest BCUT2D eigenvalue weighted by Crippen LogP contribution is 1.85. The molecule has 2 amide bonds. The topological polar surface area (TPSA) is 186 Å². The van der Waals surface area contributed by atoms with Gasteiger partial charge in [0.25, 0.3) is 6.47 Å². The van der Waals surface area contributed by atoms with Crippen LogP contribution in [0.4, 0.5) is 0 Å². The van der Waals surface area contributed by atoms with Crippen LogP contribution in [0, 0.1) is 12.3 Å². The lowest BCUT2D eigenvalue weighted by Gasteiger charge is -2.07. The fraction of sp³-hybridized carbons (Fsp3) is 0.808. The summed E-state index contributed by atoms with van der Waals surface area (Å²) in [6.07, 6.45) is 7.08. The minimum atomic E-state index is -0.250. The molecule has 14 nitrogen and oxygen atoms in total. The van der Waals surface area contributed by atoms with Gasteiger partial charge in [-0.3, -0.25) is 14.4 Å². The minimum Gasteiger partial charge on any atom is -0.483 e. The van der Waals surface area contributed by atoms with Gasteiger partial charge in [0.05, 0.1) is 72.7 Å². The predicted molar refractivity (Wildman–Crippen MR) is 149 cm³/mol. The largest absolute Gasteiger partial charge is 0.483 e. The summed E-state index contributed by atoms with van der Waals surface area (Å²) < 4.78 is 36.1. The van der Waals surface area contributed by atoms with Crippen LogP contribution in [0.15, 0.2) is 0 Å². The highest BCUT2D eigenvalue weighted by atomic mass is 16.6. The third-order valence-corrected chi connectivity index (χ3v) is 4.00. The van der Waals surface area contributed by atoms with Crippen molar-refractivity contribution < 1.29 is 52.6 Å². The zero-order valence-electron chi connectivity index (χ0n) is 24.2. The molecule has 0 aliphatic heterocycles. The summed E-state index contributed by atoms with van der Waals surface area (Å²) in [5.74, 6) is 2.18. The lowest BCUT2D eigenvalue weighted by atomic mass is 10.3. The summed E-state index contributed by atoms with van der Waals surface area (Å²) in [5.41, 5.74) is 5.26. The van der Waals surface area contributed by atoms with E-state index >= 15 is 0 Å². The molecule has 0 aliphatic rings. The molecule has 0 aromatic heterocycles. The van der Waals surface area contributed by atoms with Gasteiger partial charge in [-0.15, -0.1) is 6.42 Å². The van der Waals surface area contributed by atoms with Crippen LogP contribution in [-0.2, 0) is 47.5 Å². The molecule has 0 saturated heterocycles. The molecule has 0 saturated carbocycles. The van der Waals surface area contributed by atoms with Crippen molar-refractivity contribution in [1.82, 2.24) is 10.6 Å². The van der Waals surface area contributed by atoms with Crippen molar-refractivity contribution >= 4 is 18.3 Å². The summed E-state index contributed by atoms with van der Waals surface area (Å²) >= 11 is 0. The lowest BCUT2D eigenvalue weighted by molar-refractivity contribution is -0.127. The Morgan fingerprint density at radius 1 is 0.750 bits per heavy atom. The van der Waals surface area contributed by atoms with Gasteiger partial charge >= 0.3 is 0 Å². The Labute approximate surface area is 238 Å². The number of carboxylic acid groups (broad SMARTS) is 1. The summed E-state index contributed by atoms with van der Waals surface area (Å²) in [7, 11) is 0. The molecular formula is C26H51N3O11. The van der Waals surface area contributed by atoms with E-state index in [0.29, 0.717) is 98.9 Å². The minimum absolute atomic E-state index is 0.0697. The molecule has 0 atom stereocenters. The molecule has 5 N–H and O–H groups in total. The average Bonchev–Trinajstić information content (AvgIpc) is 2.94. The molecular weight excluding hydrogens is 530 g/mol. The van der Waals surface area contributed by atoms with Gasteiger partial charge in [0.1, 0.15) is 19.8 Å². The van der Waals surface area contributed by atoms with Crippen LogP contribution >= 0.6 is 0 Å². The van der Waals surface area contributed by atoms with Gasteiger partial charge < -0.3 is 54.6 Å². The number of rotatable bonds is 26. The Hall–Kier alpha value is -2.35. The number of likely N-dealkylation sites (N-methyl/N-ethyl adjacent to an activating group) is 1. The van der Waals surface area contributed by atoms with Crippen LogP contribution in [0.1, 0.15) is 26.7 Å². The Balaban J connectivity index is -0.000000623. The normalized spacial score (nSPS) is 9.85. The fourth-order valence-electron chi connectivity index (χ4n) is 2.25. The highest BCUT2D eigenvalue weighted by molar-refractivity contribution is 5.77. The van der Waals surface area contributed by atoms with E-state index in [1.165, 1.54) is 0 Å². The Morgan fingerprint density at radius 2 is 1.15 bits per heavy atom. The third-order valence-electron chi connectivity index (χ3n) is 4.00. The van der Waals surface area contributed by atoms with Gasteiger partial charge in [-0.2, -0.15) is 0 Å². The maximum atomic E-state index is 11.2. The number of hydrogen-bond acceptors (Lipinski definition) is 11. The number of ether oxygens (including phenoxy) is 7. The number of carbonyl (C=O) groups is 3. The van der Waals surface area contributed by atoms with Gasteiger partial charge in [0, 0.05) is 19.6 Å². The first-order chi connectivity index (χ1) is 19.5. The molecule has 0 fully saturated rings. The first kappa shape index (κ1) is 42.1. The van der Waals surface area contributed by atoms with Crippen LogP contribution in [0.3, 0.4) is 0 Å². The maximum absolute atomic E-state index is 11.2. The van der Waals surface area contributed by atoms with Gasteiger partial charge in [-0.1, -0.05) is 19.3 Å². The van der Waals surface area contributed by atoms with E-state index < -0.39 is 0 Å². The smallest absolute Gasteiger partial charge is 0.290 e. The van der Waals surface area contributed by atoms with Gasteiger partial charge in [-0.05, 0) is 13.3 Å². The number of unbranched alkanes of at least 4 members (excludes halogenated alkanes) is 1. The first-order valence-corrected chi connectivity index (χ1v) is 13.3. The maximum Gasteiger partial charge on any atom is 0.290 e. The van der Waals surface area contributed by atoms with E-state index in [4.69, 9.17) is 55.2 Å². The van der Waals surface area contributed by atoms with Crippen LogP contribution < -0.4 is 16.4 Å². The molecule has 236 valence electrons. The number of nitrogens with two attached hydrogens (primary N) is 1. The van der Waals surface area contributed by atoms with E-state index in [2.05, 4.69) is 23.5 Å². The molecule has 0 radical (unpaired) electrons. The van der Waals surface area contributed by atoms with Crippen molar-refractivity contribution in [1.29, 1.82) is 0 Å². The molecule has 0 bridgehead atoms. The van der Waals surface area contributed by atoms with Crippen LogP contribution in [0.2, 0.25) is 0 Å². The Bertz CT molecular complexity index is 579.